The molecule has 0 heterocycles. The van der Waals surface area contributed by atoms with Crippen molar-refractivity contribution in [1.29, 1.82) is 0 Å². The van der Waals surface area contributed by atoms with Crippen LogP contribution >= 0.6 is 0 Å². The standard InChI is InChI=1S/C12H20N2O2S/c1-11-7-3-4-8-12(11)14(2)17(15,16)10-6-5-9-13/h3-4,7-8H,5-6,9-10,13H2,1-2H3. The number of hydrogen-bond acceptors (Lipinski definition) is 3. The molecule has 0 saturated carbocycles. The molecule has 0 aliphatic carbocycles. The first kappa shape index (κ1) is 14.0. The molecule has 0 atom stereocenters. The number of anilines is 1. The minimum absolute atomic E-state index is 0.148. The predicted octanol–water partition coefficient (Wildman–Crippen LogP) is 1.50. The van der Waals surface area contributed by atoms with Gasteiger partial charge >= 0.3 is 0 Å². The fourth-order valence-corrected chi connectivity index (χ4v) is 2.98. The van der Waals surface area contributed by atoms with Crippen molar-refractivity contribution in [1.82, 2.24) is 0 Å². The van der Waals surface area contributed by atoms with Crippen LogP contribution in [0.3, 0.4) is 0 Å². The minimum Gasteiger partial charge on any atom is -0.330 e. The highest BCUT2D eigenvalue weighted by atomic mass is 32.2. The van der Waals surface area contributed by atoms with E-state index in [0.29, 0.717) is 13.0 Å². The SMILES string of the molecule is Cc1ccccc1N(C)S(=O)(=O)CCCCN. The number of nitrogens with zero attached hydrogens (tertiary/aromatic N) is 1. The number of nitrogens with two attached hydrogens (primary N) is 1. The summed E-state index contributed by atoms with van der Waals surface area (Å²) in [7, 11) is -1.63. The van der Waals surface area contributed by atoms with Crippen LogP contribution in [0, 0.1) is 6.92 Å². The Bertz CT molecular complexity index is 457. The Morgan fingerprint density at radius 1 is 1.24 bits per heavy atom. The molecular weight excluding hydrogens is 236 g/mol. The summed E-state index contributed by atoms with van der Waals surface area (Å²) >= 11 is 0. The van der Waals surface area contributed by atoms with Crippen LogP contribution in [0.1, 0.15) is 18.4 Å². The fraction of sp³-hybridized carbons (Fsp3) is 0.500. The smallest absolute Gasteiger partial charge is 0.234 e. The number of rotatable bonds is 6. The molecule has 2 N–H and O–H groups in total. The van der Waals surface area contributed by atoms with Crippen molar-refractivity contribution in [3.63, 3.8) is 0 Å². The van der Waals surface area contributed by atoms with E-state index in [4.69, 9.17) is 5.73 Å². The topological polar surface area (TPSA) is 63.4 Å². The van der Waals surface area contributed by atoms with E-state index in [1.807, 2.05) is 31.2 Å². The highest BCUT2D eigenvalue weighted by molar-refractivity contribution is 7.92. The van der Waals surface area contributed by atoms with E-state index in [1.54, 1.807) is 7.05 Å². The van der Waals surface area contributed by atoms with Crippen molar-refractivity contribution in [2.45, 2.75) is 19.8 Å². The van der Waals surface area contributed by atoms with Crippen LogP contribution in [0.15, 0.2) is 24.3 Å². The lowest BCUT2D eigenvalue weighted by molar-refractivity contribution is 0.590. The van der Waals surface area contributed by atoms with Crippen LogP contribution in [-0.2, 0) is 10.0 Å². The van der Waals surface area contributed by atoms with E-state index in [1.165, 1.54) is 4.31 Å². The van der Waals surface area contributed by atoms with E-state index in [9.17, 15) is 8.42 Å². The van der Waals surface area contributed by atoms with E-state index in [0.717, 1.165) is 17.7 Å². The van der Waals surface area contributed by atoms with Crippen molar-refractivity contribution in [2.75, 3.05) is 23.7 Å². The normalized spacial score (nSPS) is 11.5. The summed E-state index contributed by atoms with van der Waals surface area (Å²) in [6, 6.07) is 7.46. The molecule has 0 fully saturated rings. The second-order valence-corrected chi connectivity index (χ2v) is 6.19. The Hall–Kier alpha value is -1.07. The molecule has 1 rings (SSSR count). The Balaban J connectivity index is 2.82. The summed E-state index contributed by atoms with van der Waals surface area (Å²) < 4.78 is 25.4. The maximum Gasteiger partial charge on any atom is 0.234 e. The summed E-state index contributed by atoms with van der Waals surface area (Å²) in [5, 5.41) is 0. The number of unbranched alkanes of at least 4 members (excludes halogenated alkanes) is 1. The van der Waals surface area contributed by atoms with Gasteiger partial charge in [-0.05, 0) is 37.9 Å². The zero-order chi connectivity index (χ0) is 12.9. The maximum absolute atomic E-state index is 12.0. The lowest BCUT2D eigenvalue weighted by atomic mass is 10.2. The molecule has 0 radical (unpaired) electrons. The maximum atomic E-state index is 12.0. The van der Waals surface area contributed by atoms with Gasteiger partial charge in [0, 0.05) is 7.05 Å². The molecule has 0 bridgehead atoms. The van der Waals surface area contributed by atoms with Gasteiger partial charge in [-0.3, -0.25) is 4.31 Å². The molecule has 0 unspecified atom stereocenters. The average Bonchev–Trinajstić information content (AvgIpc) is 2.29. The van der Waals surface area contributed by atoms with Gasteiger partial charge in [-0.25, -0.2) is 8.42 Å². The molecular formula is C12H20N2O2S. The summed E-state index contributed by atoms with van der Waals surface area (Å²) in [6.07, 6.45) is 1.34. The van der Waals surface area contributed by atoms with Crippen molar-refractivity contribution in [2.24, 2.45) is 5.73 Å². The third-order valence-corrected chi connectivity index (χ3v) is 4.56. The van der Waals surface area contributed by atoms with Gasteiger partial charge in [-0.2, -0.15) is 0 Å². The Morgan fingerprint density at radius 3 is 2.47 bits per heavy atom. The lowest BCUT2D eigenvalue weighted by Gasteiger charge is -2.21. The Kier molecular flexibility index (Phi) is 4.96. The fourth-order valence-electron chi connectivity index (χ4n) is 1.63. The van der Waals surface area contributed by atoms with Gasteiger partial charge in [0.2, 0.25) is 10.0 Å². The van der Waals surface area contributed by atoms with Crippen LogP contribution in [0.2, 0.25) is 0 Å². The molecule has 1 aromatic carbocycles. The van der Waals surface area contributed by atoms with E-state index in [-0.39, 0.29) is 5.75 Å². The first-order chi connectivity index (χ1) is 7.99. The summed E-state index contributed by atoms with van der Waals surface area (Å²) in [5.41, 5.74) is 7.05. The molecule has 0 aromatic heterocycles. The Labute approximate surface area is 103 Å². The third kappa shape index (κ3) is 3.71. The quantitative estimate of drug-likeness (QED) is 0.785. The largest absolute Gasteiger partial charge is 0.330 e. The van der Waals surface area contributed by atoms with E-state index >= 15 is 0 Å². The highest BCUT2D eigenvalue weighted by Crippen LogP contribution is 2.21. The monoisotopic (exact) mass is 256 g/mol. The molecule has 1 aromatic rings. The Morgan fingerprint density at radius 2 is 1.88 bits per heavy atom. The molecule has 5 heteroatoms. The van der Waals surface area contributed by atoms with Crippen molar-refractivity contribution >= 4 is 15.7 Å². The second-order valence-electron chi connectivity index (χ2n) is 4.07. The van der Waals surface area contributed by atoms with Gasteiger partial charge in [-0.15, -0.1) is 0 Å². The zero-order valence-electron chi connectivity index (χ0n) is 10.4. The summed E-state index contributed by atoms with van der Waals surface area (Å²) in [6.45, 7) is 2.44. The van der Waals surface area contributed by atoms with Crippen LogP contribution in [0.5, 0.6) is 0 Å². The number of sulfonamides is 1. The second kappa shape index (κ2) is 6.02. The number of hydrogen-bond donors (Lipinski definition) is 1. The number of para-hydroxylation sites is 1. The number of aryl methyl sites for hydroxylation is 1. The van der Waals surface area contributed by atoms with Gasteiger partial charge in [-0.1, -0.05) is 18.2 Å². The molecule has 4 nitrogen and oxygen atoms in total. The zero-order valence-corrected chi connectivity index (χ0v) is 11.2. The van der Waals surface area contributed by atoms with Gasteiger partial charge in [0.05, 0.1) is 11.4 Å². The molecule has 0 amide bonds. The lowest BCUT2D eigenvalue weighted by Crippen LogP contribution is -2.29. The summed E-state index contributed by atoms with van der Waals surface area (Å²) in [5.74, 6) is 0.148. The molecule has 0 aliphatic heterocycles. The van der Waals surface area contributed by atoms with Crippen LogP contribution in [0.4, 0.5) is 5.69 Å². The van der Waals surface area contributed by atoms with Crippen molar-refractivity contribution < 1.29 is 8.42 Å². The molecule has 17 heavy (non-hydrogen) atoms. The highest BCUT2D eigenvalue weighted by Gasteiger charge is 2.18. The molecule has 96 valence electrons. The van der Waals surface area contributed by atoms with Crippen molar-refractivity contribution in [3.05, 3.63) is 29.8 Å². The first-order valence-electron chi connectivity index (χ1n) is 5.71. The van der Waals surface area contributed by atoms with Gasteiger partial charge in [0.1, 0.15) is 0 Å². The van der Waals surface area contributed by atoms with E-state index in [2.05, 4.69) is 0 Å². The van der Waals surface area contributed by atoms with Crippen molar-refractivity contribution in [3.8, 4) is 0 Å². The number of benzene rings is 1. The molecule has 0 spiro atoms. The van der Waals surface area contributed by atoms with E-state index < -0.39 is 10.0 Å². The van der Waals surface area contributed by atoms with Gasteiger partial charge in [0.15, 0.2) is 0 Å². The third-order valence-electron chi connectivity index (χ3n) is 2.73. The van der Waals surface area contributed by atoms with Gasteiger partial charge < -0.3 is 5.73 Å². The van der Waals surface area contributed by atoms with Gasteiger partial charge in [0.25, 0.3) is 0 Å². The minimum atomic E-state index is -3.23. The average molecular weight is 256 g/mol. The molecule has 0 aliphatic rings. The summed E-state index contributed by atoms with van der Waals surface area (Å²) in [4.78, 5) is 0. The van der Waals surface area contributed by atoms with Crippen LogP contribution in [0.25, 0.3) is 0 Å². The van der Waals surface area contributed by atoms with Crippen LogP contribution in [-0.4, -0.2) is 27.8 Å². The predicted molar refractivity (Wildman–Crippen MR) is 71.7 cm³/mol. The molecule has 0 saturated heterocycles. The first-order valence-corrected chi connectivity index (χ1v) is 7.32. The van der Waals surface area contributed by atoms with Crippen LogP contribution < -0.4 is 10.0 Å².